The van der Waals surface area contributed by atoms with Crippen molar-refractivity contribution in [2.75, 3.05) is 0 Å². The average molecular weight is 481 g/mol. The van der Waals surface area contributed by atoms with E-state index in [2.05, 4.69) is 73.7 Å². The molecule has 0 N–H and O–H groups in total. The summed E-state index contributed by atoms with van der Waals surface area (Å²) >= 11 is 0. The predicted molar refractivity (Wildman–Crippen MR) is 147 cm³/mol. The molecule has 4 rings (SSSR count). The molecule has 0 spiro atoms. The van der Waals surface area contributed by atoms with Gasteiger partial charge in [-0.1, -0.05) is 97.9 Å². The molecule has 1 atom stereocenters. The normalized spacial score (nSPS) is 12.2. The van der Waals surface area contributed by atoms with Gasteiger partial charge in [0.1, 0.15) is 11.6 Å². The fraction of sp³-hybridized carbons (Fsp3) is 0.235. The van der Waals surface area contributed by atoms with Gasteiger partial charge in [0, 0.05) is 5.56 Å². The summed E-state index contributed by atoms with van der Waals surface area (Å²) in [4.78, 5) is 0. The number of hydrogen-bond acceptors (Lipinski definition) is 0. The monoisotopic (exact) mass is 480 g/mol. The molecule has 2 heteroatoms. The molecular formula is C34H34F2. The van der Waals surface area contributed by atoms with Crippen LogP contribution in [0.4, 0.5) is 8.78 Å². The zero-order valence-electron chi connectivity index (χ0n) is 21.2. The summed E-state index contributed by atoms with van der Waals surface area (Å²) in [5, 5.41) is 0. The number of benzene rings is 4. The Labute approximate surface area is 214 Å². The van der Waals surface area contributed by atoms with E-state index < -0.39 is 11.6 Å². The second-order valence-corrected chi connectivity index (χ2v) is 9.56. The van der Waals surface area contributed by atoms with Crippen molar-refractivity contribution in [3.63, 3.8) is 0 Å². The van der Waals surface area contributed by atoms with E-state index in [4.69, 9.17) is 0 Å². The molecule has 184 valence electrons. The van der Waals surface area contributed by atoms with Crippen molar-refractivity contribution in [3.05, 3.63) is 143 Å². The van der Waals surface area contributed by atoms with Crippen LogP contribution in [0.25, 0.3) is 11.1 Å². The summed E-state index contributed by atoms with van der Waals surface area (Å²) in [6, 6.07) is 30.5. The Balaban J connectivity index is 1.33. The van der Waals surface area contributed by atoms with Gasteiger partial charge in [0.15, 0.2) is 0 Å². The SMILES string of the molecule is CC=CCCc1c(F)cc(-c2ccc(CCc3ccc(C[C@H](C)c4ccccc4)cc3)cc2)cc1F. The van der Waals surface area contributed by atoms with Crippen LogP contribution in [-0.4, -0.2) is 0 Å². The molecule has 36 heavy (non-hydrogen) atoms. The number of hydrogen-bond donors (Lipinski definition) is 0. The van der Waals surface area contributed by atoms with Crippen LogP contribution < -0.4 is 0 Å². The van der Waals surface area contributed by atoms with Gasteiger partial charge >= 0.3 is 0 Å². The molecule has 0 heterocycles. The minimum absolute atomic E-state index is 0.161. The Morgan fingerprint density at radius 1 is 0.667 bits per heavy atom. The maximum Gasteiger partial charge on any atom is 0.129 e. The molecule has 0 saturated heterocycles. The van der Waals surface area contributed by atoms with Crippen LogP contribution in [0, 0.1) is 11.6 Å². The molecule has 0 saturated carbocycles. The molecule has 0 unspecified atom stereocenters. The topological polar surface area (TPSA) is 0 Å². The summed E-state index contributed by atoms with van der Waals surface area (Å²) in [6.07, 6.45) is 7.73. The molecular weight excluding hydrogens is 446 g/mol. The Kier molecular flexibility index (Phi) is 8.84. The van der Waals surface area contributed by atoms with E-state index in [0.29, 0.717) is 24.3 Å². The van der Waals surface area contributed by atoms with Crippen LogP contribution in [0.5, 0.6) is 0 Å². The van der Waals surface area contributed by atoms with Gasteiger partial charge < -0.3 is 0 Å². The van der Waals surface area contributed by atoms with E-state index >= 15 is 0 Å². The maximum absolute atomic E-state index is 14.5. The summed E-state index contributed by atoms with van der Waals surface area (Å²) in [6.45, 7) is 4.18. The molecule has 4 aromatic rings. The Hall–Kier alpha value is -3.52. The highest BCUT2D eigenvalue weighted by Gasteiger charge is 2.12. The molecule has 0 aliphatic rings. The third-order valence-corrected chi connectivity index (χ3v) is 6.86. The number of rotatable bonds is 10. The molecule has 4 aromatic carbocycles. The van der Waals surface area contributed by atoms with Crippen LogP contribution in [0.3, 0.4) is 0 Å². The second kappa shape index (κ2) is 12.4. The van der Waals surface area contributed by atoms with E-state index in [0.717, 1.165) is 24.8 Å². The van der Waals surface area contributed by atoms with Gasteiger partial charge in [-0.05, 0) is 90.5 Å². The molecule has 0 aliphatic carbocycles. The Morgan fingerprint density at radius 3 is 1.81 bits per heavy atom. The minimum atomic E-state index is -0.472. The predicted octanol–water partition coefficient (Wildman–Crippen LogP) is 9.27. The Morgan fingerprint density at radius 2 is 1.22 bits per heavy atom. The lowest BCUT2D eigenvalue weighted by Gasteiger charge is -2.12. The van der Waals surface area contributed by atoms with Crippen LogP contribution in [0.2, 0.25) is 0 Å². The van der Waals surface area contributed by atoms with E-state index in [9.17, 15) is 8.78 Å². The zero-order chi connectivity index (χ0) is 25.3. The zero-order valence-corrected chi connectivity index (χ0v) is 21.2. The lowest BCUT2D eigenvalue weighted by molar-refractivity contribution is 0.556. The fourth-order valence-electron chi connectivity index (χ4n) is 4.65. The first-order valence-corrected chi connectivity index (χ1v) is 12.8. The van der Waals surface area contributed by atoms with Crippen LogP contribution in [0.1, 0.15) is 54.0 Å². The number of halogens is 2. The third-order valence-electron chi connectivity index (χ3n) is 6.86. The van der Waals surface area contributed by atoms with E-state index in [1.807, 2.05) is 31.2 Å². The van der Waals surface area contributed by atoms with Crippen molar-refractivity contribution in [1.29, 1.82) is 0 Å². The van der Waals surface area contributed by atoms with Crippen molar-refractivity contribution >= 4 is 0 Å². The van der Waals surface area contributed by atoms with Gasteiger partial charge in [-0.15, -0.1) is 0 Å². The largest absolute Gasteiger partial charge is 0.207 e. The molecule has 0 aliphatic heterocycles. The first kappa shape index (κ1) is 25.6. The van der Waals surface area contributed by atoms with Gasteiger partial charge in [0.05, 0.1) is 0 Å². The smallest absolute Gasteiger partial charge is 0.129 e. The molecule has 0 nitrogen and oxygen atoms in total. The highest BCUT2D eigenvalue weighted by molar-refractivity contribution is 5.64. The lowest BCUT2D eigenvalue weighted by Crippen LogP contribution is -1.99. The first-order valence-electron chi connectivity index (χ1n) is 12.8. The first-order chi connectivity index (χ1) is 17.5. The van der Waals surface area contributed by atoms with E-state index in [1.54, 1.807) is 0 Å². The Bertz CT molecular complexity index is 1250. The van der Waals surface area contributed by atoms with Gasteiger partial charge in [-0.2, -0.15) is 0 Å². The van der Waals surface area contributed by atoms with Crippen molar-refractivity contribution < 1.29 is 8.78 Å². The van der Waals surface area contributed by atoms with E-state index in [-0.39, 0.29) is 5.56 Å². The molecule has 0 radical (unpaired) electrons. The summed E-state index contributed by atoms with van der Waals surface area (Å²) in [7, 11) is 0. The highest BCUT2D eigenvalue weighted by atomic mass is 19.1. The van der Waals surface area contributed by atoms with Gasteiger partial charge in [0.2, 0.25) is 0 Å². The van der Waals surface area contributed by atoms with Crippen molar-refractivity contribution in [1.82, 2.24) is 0 Å². The molecule has 0 bridgehead atoms. The highest BCUT2D eigenvalue weighted by Crippen LogP contribution is 2.26. The minimum Gasteiger partial charge on any atom is -0.207 e. The quantitative estimate of drug-likeness (QED) is 0.198. The van der Waals surface area contributed by atoms with Crippen LogP contribution in [-0.2, 0) is 25.7 Å². The number of aryl methyl sites for hydroxylation is 2. The maximum atomic E-state index is 14.5. The summed E-state index contributed by atoms with van der Waals surface area (Å²) < 4.78 is 29.1. The van der Waals surface area contributed by atoms with Crippen molar-refractivity contribution in [2.45, 2.75) is 51.9 Å². The summed E-state index contributed by atoms with van der Waals surface area (Å²) in [5.41, 5.74) is 6.81. The summed E-state index contributed by atoms with van der Waals surface area (Å²) in [5.74, 6) is -0.452. The van der Waals surface area contributed by atoms with Crippen LogP contribution in [0.15, 0.2) is 103 Å². The van der Waals surface area contributed by atoms with Gasteiger partial charge in [-0.25, -0.2) is 8.78 Å². The lowest BCUT2D eigenvalue weighted by atomic mass is 9.93. The average Bonchev–Trinajstić information content (AvgIpc) is 2.90. The van der Waals surface area contributed by atoms with Crippen molar-refractivity contribution in [2.24, 2.45) is 0 Å². The molecule has 0 amide bonds. The van der Waals surface area contributed by atoms with Gasteiger partial charge in [0.25, 0.3) is 0 Å². The van der Waals surface area contributed by atoms with Gasteiger partial charge in [-0.3, -0.25) is 0 Å². The second-order valence-electron chi connectivity index (χ2n) is 9.56. The van der Waals surface area contributed by atoms with Crippen LogP contribution >= 0.6 is 0 Å². The molecule has 0 fully saturated rings. The van der Waals surface area contributed by atoms with Crippen molar-refractivity contribution in [3.8, 4) is 11.1 Å². The third kappa shape index (κ3) is 6.79. The number of allylic oxidation sites excluding steroid dienone is 2. The van der Waals surface area contributed by atoms with E-state index in [1.165, 1.54) is 34.4 Å². The standard InChI is InChI=1S/C34H34F2/c1-3-4-6-11-32-33(35)23-31(24-34(32)36)30-20-18-27(19-21-30)13-12-26-14-16-28(17-15-26)22-25(2)29-9-7-5-8-10-29/h3-5,7-10,14-21,23-25H,6,11-13,22H2,1-2H3/t25-/m0/s1. The molecule has 0 aromatic heterocycles. The fourth-order valence-corrected chi connectivity index (χ4v) is 4.65.